The Kier molecular flexibility index (Phi) is 4.71. The topological polar surface area (TPSA) is 52.9 Å². The molecule has 1 unspecified atom stereocenters. The number of carbonyl (C=O) groups is 1. The molecule has 0 saturated heterocycles. The van der Waals surface area contributed by atoms with E-state index in [-0.39, 0.29) is 16.6 Å². The van der Waals surface area contributed by atoms with Crippen molar-refractivity contribution in [3.8, 4) is 6.07 Å². The summed E-state index contributed by atoms with van der Waals surface area (Å²) in [4.78, 5) is 12.3. The fourth-order valence-electron chi connectivity index (χ4n) is 2.36. The van der Waals surface area contributed by atoms with Gasteiger partial charge in [0, 0.05) is 22.4 Å². The van der Waals surface area contributed by atoms with E-state index in [4.69, 9.17) is 11.6 Å². The first-order chi connectivity index (χ1) is 11.2. The summed E-state index contributed by atoms with van der Waals surface area (Å²) < 4.78 is 0. The molecule has 0 spiro atoms. The number of thioether (sulfide) groups is 1. The van der Waals surface area contributed by atoms with Crippen LogP contribution in [0.2, 0.25) is 5.02 Å². The first-order valence-electron chi connectivity index (χ1n) is 7.09. The average molecular weight is 341 g/mol. The van der Waals surface area contributed by atoms with Crippen molar-refractivity contribution in [1.82, 2.24) is 0 Å². The highest BCUT2D eigenvalue weighted by Gasteiger charge is 2.29. The minimum Gasteiger partial charge on any atom is -0.349 e. The first-order valence-corrected chi connectivity index (χ1v) is 8.35. The molecule has 0 bridgehead atoms. The van der Waals surface area contributed by atoms with Gasteiger partial charge in [-0.3, -0.25) is 4.79 Å². The van der Waals surface area contributed by atoms with Crippen molar-refractivity contribution >= 4 is 34.8 Å². The molecule has 1 aliphatic rings. The Bertz CT molecular complexity index is 794. The summed E-state index contributed by atoms with van der Waals surface area (Å²) in [6, 6.07) is 19.1. The van der Waals surface area contributed by atoms with E-state index in [0.717, 1.165) is 11.3 Å². The van der Waals surface area contributed by atoms with Crippen molar-refractivity contribution in [3.05, 3.63) is 75.8 Å². The molecule has 1 heterocycles. The van der Waals surface area contributed by atoms with E-state index in [1.165, 1.54) is 11.8 Å². The summed E-state index contributed by atoms with van der Waals surface area (Å²) in [6.45, 7) is 0. The van der Waals surface area contributed by atoms with Gasteiger partial charge in [0.15, 0.2) is 5.78 Å². The molecule has 3 nitrogen and oxygen atoms in total. The summed E-state index contributed by atoms with van der Waals surface area (Å²) in [5.41, 5.74) is 2.07. The zero-order valence-corrected chi connectivity index (χ0v) is 13.7. The van der Waals surface area contributed by atoms with Gasteiger partial charge in [-0.15, -0.1) is 0 Å². The molecule has 1 aliphatic heterocycles. The molecule has 0 aliphatic carbocycles. The van der Waals surface area contributed by atoms with Crippen molar-refractivity contribution in [3.63, 3.8) is 0 Å². The van der Waals surface area contributed by atoms with E-state index < -0.39 is 0 Å². The monoisotopic (exact) mass is 340 g/mol. The average Bonchev–Trinajstić information content (AvgIpc) is 2.57. The summed E-state index contributed by atoms with van der Waals surface area (Å²) in [6.07, 6.45) is 0.337. The first kappa shape index (κ1) is 15.7. The van der Waals surface area contributed by atoms with Crippen LogP contribution in [-0.4, -0.2) is 5.78 Å². The SMILES string of the molecule is N#CC1=C(Nc2ccc(Cl)cc2)SC(c2ccccc2)CC1=O. The molecular weight excluding hydrogens is 328 g/mol. The van der Waals surface area contributed by atoms with Gasteiger partial charge in [-0.1, -0.05) is 53.7 Å². The van der Waals surface area contributed by atoms with E-state index in [1.54, 1.807) is 12.1 Å². The van der Waals surface area contributed by atoms with Gasteiger partial charge < -0.3 is 5.32 Å². The van der Waals surface area contributed by atoms with E-state index in [9.17, 15) is 10.1 Å². The number of hydrogen-bond donors (Lipinski definition) is 1. The summed E-state index contributed by atoms with van der Waals surface area (Å²) in [7, 11) is 0. The van der Waals surface area contributed by atoms with Gasteiger partial charge in [0.25, 0.3) is 0 Å². The van der Waals surface area contributed by atoms with Gasteiger partial charge >= 0.3 is 0 Å². The van der Waals surface area contributed by atoms with Crippen LogP contribution in [0, 0.1) is 11.3 Å². The van der Waals surface area contributed by atoms with Gasteiger partial charge in [0.2, 0.25) is 0 Å². The molecule has 1 atom stereocenters. The van der Waals surface area contributed by atoms with E-state index in [2.05, 4.69) is 5.32 Å². The molecule has 5 heteroatoms. The minimum atomic E-state index is -0.128. The Morgan fingerprint density at radius 3 is 2.48 bits per heavy atom. The highest BCUT2D eigenvalue weighted by molar-refractivity contribution is 8.03. The number of allylic oxidation sites excluding steroid dienone is 1. The molecule has 1 N–H and O–H groups in total. The molecule has 0 saturated carbocycles. The Morgan fingerprint density at radius 1 is 1.13 bits per heavy atom. The summed E-state index contributed by atoms with van der Waals surface area (Å²) >= 11 is 7.40. The Hall–Kier alpha value is -2.22. The molecule has 23 heavy (non-hydrogen) atoms. The lowest BCUT2D eigenvalue weighted by molar-refractivity contribution is -0.115. The van der Waals surface area contributed by atoms with Gasteiger partial charge in [-0.05, 0) is 29.8 Å². The van der Waals surface area contributed by atoms with Crippen LogP contribution in [0.15, 0.2) is 65.2 Å². The molecule has 0 aromatic heterocycles. The predicted molar refractivity (Wildman–Crippen MR) is 94.1 cm³/mol. The number of benzene rings is 2. The highest BCUT2D eigenvalue weighted by Crippen LogP contribution is 2.43. The highest BCUT2D eigenvalue weighted by atomic mass is 35.5. The molecular formula is C18H13ClN2OS. The maximum absolute atomic E-state index is 12.3. The molecule has 2 aromatic rings. The third kappa shape index (κ3) is 3.58. The lowest BCUT2D eigenvalue weighted by atomic mass is 10.0. The number of carbonyl (C=O) groups excluding carboxylic acids is 1. The maximum atomic E-state index is 12.3. The van der Waals surface area contributed by atoms with Crippen LogP contribution >= 0.6 is 23.4 Å². The van der Waals surface area contributed by atoms with Crippen LogP contribution in [0.4, 0.5) is 5.69 Å². The molecule has 0 fully saturated rings. The van der Waals surface area contributed by atoms with Crippen molar-refractivity contribution < 1.29 is 4.79 Å². The third-order valence-electron chi connectivity index (χ3n) is 3.52. The summed E-state index contributed by atoms with van der Waals surface area (Å²) in [5, 5.41) is 13.7. The lowest BCUT2D eigenvalue weighted by Crippen LogP contribution is -2.17. The second-order valence-corrected chi connectivity index (χ2v) is 6.74. The maximum Gasteiger partial charge on any atom is 0.177 e. The fraction of sp³-hybridized carbons (Fsp3) is 0.111. The van der Waals surface area contributed by atoms with Crippen molar-refractivity contribution in [2.24, 2.45) is 0 Å². The number of nitriles is 1. The van der Waals surface area contributed by atoms with Crippen LogP contribution in [-0.2, 0) is 4.79 Å². The van der Waals surface area contributed by atoms with E-state index >= 15 is 0 Å². The number of anilines is 1. The van der Waals surface area contributed by atoms with Gasteiger partial charge in [-0.25, -0.2) is 0 Å². The van der Waals surface area contributed by atoms with Crippen LogP contribution < -0.4 is 5.32 Å². The smallest absolute Gasteiger partial charge is 0.177 e. The Morgan fingerprint density at radius 2 is 1.83 bits per heavy atom. The van der Waals surface area contributed by atoms with Crippen molar-refractivity contribution in [1.29, 1.82) is 5.26 Å². The van der Waals surface area contributed by atoms with E-state index in [0.29, 0.717) is 16.5 Å². The van der Waals surface area contributed by atoms with Crippen LogP contribution in [0.25, 0.3) is 0 Å². The molecule has 114 valence electrons. The number of hydrogen-bond acceptors (Lipinski definition) is 4. The van der Waals surface area contributed by atoms with Crippen molar-refractivity contribution in [2.45, 2.75) is 11.7 Å². The number of nitrogens with zero attached hydrogens (tertiary/aromatic N) is 1. The van der Waals surface area contributed by atoms with Crippen molar-refractivity contribution in [2.75, 3.05) is 5.32 Å². The number of ketones is 1. The third-order valence-corrected chi connectivity index (χ3v) is 5.04. The predicted octanol–water partition coefficient (Wildman–Crippen LogP) is 4.93. The van der Waals surface area contributed by atoms with Gasteiger partial charge in [0.05, 0.1) is 5.03 Å². The second kappa shape index (κ2) is 6.91. The standard InChI is InChI=1S/C18H13ClN2OS/c19-13-6-8-14(9-7-13)21-18-15(11-20)16(22)10-17(23-18)12-4-2-1-3-5-12/h1-9,17,21H,10H2. The van der Waals surface area contributed by atoms with Crippen LogP contribution in [0.5, 0.6) is 0 Å². The normalized spacial score (nSPS) is 17.7. The Balaban J connectivity index is 1.90. The zero-order valence-electron chi connectivity index (χ0n) is 12.1. The quantitative estimate of drug-likeness (QED) is 0.860. The molecule has 3 rings (SSSR count). The second-order valence-electron chi connectivity index (χ2n) is 5.09. The summed E-state index contributed by atoms with van der Waals surface area (Å²) in [5.74, 6) is -0.128. The lowest BCUT2D eigenvalue weighted by Gasteiger charge is -2.24. The fourth-order valence-corrected chi connectivity index (χ4v) is 3.76. The van der Waals surface area contributed by atoms with Crippen LogP contribution in [0.1, 0.15) is 17.2 Å². The Labute approximate surface area is 144 Å². The molecule has 0 radical (unpaired) electrons. The van der Waals surface area contributed by atoms with E-state index in [1.807, 2.05) is 48.5 Å². The molecule has 0 amide bonds. The number of halogens is 1. The van der Waals surface area contributed by atoms with Crippen LogP contribution in [0.3, 0.4) is 0 Å². The minimum absolute atomic E-state index is 0.00982. The largest absolute Gasteiger partial charge is 0.349 e. The zero-order chi connectivity index (χ0) is 16.2. The number of nitrogens with one attached hydrogen (secondary N) is 1. The number of Topliss-reactive ketones (excluding diaryl/α,β-unsaturated/α-hetero) is 1. The van der Waals surface area contributed by atoms with Gasteiger partial charge in [-0.2, -0.15) is 5.26 Å². The molecule has 2 aromatic carbocycles. The van der Waals surface area contributed by atoms with Gasteiger partial charge in [0.1, 0.15) is 11.6 Å². The number of rotatable bonds is 3.